The largest absolute Gasteiger partial charge is 0.381 e. The van der Waals surface area contributed by atoms with Gasteiger partial charge in [-0.2, -0.15) is 11.8 Å². The van der Waals surface area contributed by atoms with Crippen molar-refractivity contribution in [2.75, 3.05) is 59.2 Å². The third-order valence-corrected chi connectivity index (χ3v) is 6.88. The first kappa shape index (κ1) is 23.3. The number of piperidine rings is 1. The minimum absolute atomic E-state index is 0. The van der Waals surface area contributed by atoms with E-state index in [2.05, 4.69) is 33.7 Å². The molecule has 2 aliphatic heterocycles. The van der Waals surface area contributed by atoms with Crippen LogP contribution in [0.2, 0.25) is 0 Å². The molecule has 2 rings (SSSR count). The van der Waals surface area contributed by atoms with Crippen molar-refractivity contribution in [2.24, 2.45) is 10.9 Å². The van der Waals surface area contributed by atoms with Gasteiger partial charge in [0.05, 0.1) is 0 Å². The van der Waals surface area contributed by atoms with Gasteiger partial charge >= 0.3 is 0 Å². The third kappa shape index (κ3) is 8.22. The molecule has 0 amide bonds. The summed E-state index contributed by atoms with van der Waals surface area (Å²) in [6.07, 6.45) is 8.34. The van der Waals surface area contributed by atoms with Crippen LogP contribution in [0.4, 0.5) is 0 Å². The fraction of sp³-hybridized carbons (Fsp3) is 0.944. The molecule has 2 aliphatic rings. The second-order valence-electron chi connectivity index (χ2n) is 7.23. The highest BCUT2D eigenvalue weighted by Crippen LogP contribution is 2.32. The number of halogens is 1. The smallest absolute Gasteiger partial charge is 0.191 e. The molecule has 0 saturated carbocycles. The van der Waals surface area contributed by atoms with Crippen LogP contribution in [0.3, 0.4) is 0 Å². The van der Waals surface area contributed by atoms with Crippen molar-refractivity contribution in [3.8, 4) is 0 Å². The molecular formula is C18H37IN4OS. The number of ether oxygens (including phenoxy) is 1. The zero-order chi connectivity index (χ0) is 17.3. The quantitative estimate of drug-likeness (QED) is 0.252. The van der Waals surface area contributed by atoms with E-state index in [0.29, 0.717) is 4.75 Å². The first-order valence-electron chi connectivity index (χ1n) is 9.47. The van der Waals surface area contributed by atoms with Crippen LogP contribution in [0, 0.1) is 5.92 Å². The van der Waals surface area contributed by atoms with Gasteiger partial charge in [0, 0.05) is 38.1 Å². The molecule has 0 radical (unpaired) electrons. The number of aliphatic imine (C=N–C) groups is 1. The Kier molecular flexibility index (Phi) is 11.8. The van der Waals surface area contributed by atoms with E-state index in [1.807, 2.05) is 18.8 Å². The number of nitrogens with zero attached hydrogens (tertiary/aromatic N) is 2. The average molecular weight is 484 g/mol. The summed E-state index contributed by atoms with van der Waals surface area (Å²) in [5.41, 5.74) is 0. The van der Waals surface area contributed by atoms with E-state index in [-0.39, 0.29) is 24.0 Å². The fourth-order valence-corrected chi connectivity index (χ4v) is 4.25. The monoisotopic (exact) mass is 484 g/mol. The van der Waals surface area contributed by atoms with Crippen LogP contribution < -0.4 is 10.6 Å². The van der Waals surface area contributed by atoms with E-state index < -0.39 is 0 Å². The van der Waals surface area contributed by atoms with Crippen molar-refractivity contribution in [2.45, 2.75) is 43.8 Å². The molecule has 0 bridgehead atoms. The number of guanidine groups is 1. The van der Waals surface area contributed by atoms with Crippen LogP contribution in [0.25, 0.3) is 0 Å². The van der Waals surface area contributed by atoms with Gasteiger partial charge in [0.1, 0.15) is 0 Å². The summed E-state index contributed by atoms with van der Waals surface area (Å²) >= 11 is 1.96. The molecule has 0 aliphatic carbocycles. The normalized spacial score (nSPS) is 22.3. The zero-order valence-electron chi connectivity index (χ0n) is 16.2. The van der Waals surface area contributed by atoms with Gasteiger partial charge in [-0.15, -0.1) is 24.0 Å². The number of rotatable bonds is 7. The van der Waals surface area contributed by atoms with E-state index in [0.717, 1.165) is 51.0 Å². The van der Waals surface area contributed by atoms with Crippen molar-refractivity contribution in [3.63, 3.8) is 0 Å². The van der Waals surface area contributed by atoms with Crippen molar-refractivity contribution in [1.82, 2.24) is 15.5 Å². The maximum absolute atomic E-state index is 5.51. The molecule has 0 atom stereocenters. The van der Waals surface area contributed by atoms with Gasteiger partial charge in [-0.25, -0.2) is 0 Å². The fourth-order valence-electron chi connectivity index (χ4n) is 3.46. The Hall–Kier alpha value is 0.270. The van der Waals surface area contributed by atoms with Gasteiger partial charge in [-0.05, 0) is 63.9 Å². The van der Waals surface area contributed by atoms with Crippen molar-refractivity contribution in [3.05, 3.63) is 0 Å². The molecule has 5 nitrogen and oxygen atoms in total. The van der Waals surface area contributed by atoms with Crippen molar-refractivity contribution >= 4 is 41.7 Å². The van der Waals surface area contributed by atoms with Crippen LogP contribution in [0.15, 0.2) is 4.99 Å². The van der Waals surface area contributed by atoms with Crippen molar-refractivity contribution < 1.29 is 4.74 Å². The predicted molar refractivity (Wildman–Crippen MR) is 121 cm³/mol. The molecular weight excluding hydrogens is 447 g/mol. The first-order chi connectivity index (χ1) is 11.7. The van der Waals surface area contributed by atoms with Crippen molar-refractivity contribution in [1.29, 1.82) is 0 Å². The zero-order valence-corrected chi connectivity index (χ0v) is 19.3. The van der Waals surface area contributed by atoms with Crippen LogP contribution in [-0.4, -0.2) is 74.8 Å². The highest BCUT2D eigenvalue weighted by molar-refractivity contribution is 14.0. The molecule has 2 fully saturated rings. The van der Waals surface area contributed by atoms with Crippen LogP contribution in [0.5, 0.6) is 0 Å². The van der Waals surface area contributed by atoms with E-state index >= 15 is 0 Å². The van der Waals surface area contributed by atoms with E-state index in [1.165, 1.54) is 38.9 Å². The average Bonchev–Trinajstić information content (AvgIpc) is 2.63. The topological polar surface area (TPSA) is 48.9 Å². The molecule has 148 valence electrons. The highest BCUT2D eigenvalue weighted by Gasteiger charge is 2.31. The van der Waals surface area contributed by atoms with Crippen LogP contribution in [0.1, 0.15) is 39.0 Å². The Morgan fingerprint density at radius 3 is 2.52 bits per heavy atom. The molecule has 0 spiro atoms. The van der Waals surface area contributed by atoms with Gasteiger partial charge < -0.3 is 20.3 Å². The predicted octanol–water partition coefficient (Wildman–Crippen LogP) is 2.80. The maximum Gasteiger partial charge on any atom is 0.191 e. The van der Waals surface area contributed by atoms with E-state index in [1.54, 1.807) is 0 Å². The third-order valence-electron chi connectivity index (χ3n) is 5.46. The number of likely N-dealkylation sites (tertiary alicyclic amines) is 1. The van der Waals surface area contributed by atoms with Gasteiger partial charge in [-0.1, -0.05) is 6.92 Å². The van der Waals surface area contributed by atoms with Gasteiger partial charge in [-0.3, -0.25) is 4.99 Å². The molecule has 0 aromatic carbocycles. The number of thioether (sulfide) groups is 1. The summed E-state index contributed by atoms with van der Waals surface area (Å²) in [5.74, 6) is 1.85. The van der Waals surface area contributed by atoms with Gasteiger partial charge in [0.2, 0.25) is 0 Å². The molecule has 7 heteroatoms. The Balaban J connectivity index is 0.00000312. The first-order valence-corrected chi connectivity index (χ1v) is 10.7. The molecule has 2 heterocycles. The lowest BCUT2D eigenvalue weighted by atomic mass is 9.99. The standard InChI is InChI=1S/C18H36N4OS.HI/c1-16-5-11-22(12-6-16)10-4-9-20-17(19-2)21-15-18(24-3)7-13-23-14-8-18;/h16H,4-15H2,1-3H3,(H2,19,20,21);1H. The van der Waals surface area contributed by atoms with Gasteiger partial charge in [0.15, 0.2) is 5.96 Å². The molecule has 0 aromatic rings. The number of hydrogen-bond donors (Lipinski definition) is 2. The van der Waals surface area contributed by atoms with Crippen LogP contribution in [-0.2, 0) is 4.74 Å². The number of hydrogen-bond acceptors (Lipinski definition) is 4. The lowest BCUT2D eigenvalue weighted by Crippen LogP contribution is -2.48. The second-order valence-corrected chi connectivity index (χ2v) is 8.50. The summed E-state index contributed by atoms with van der Waals surface area (Å²) in [6.45, 7) is 9.81. The molecule has 0 aromatic heterocycles. The number of nitrogens with one attached hydrogen (secondary N) is 2. The Bertz CT molecular complexity index is 383. The Morgan fingerprint density at radius 2 is 1.92 bits per heavy atom. The second kappa shape index (κ2) is 12.6. The maximum atomic E-state index is 5.51. The molecule has 25 heavy (non-hydrogen) atoms. The Morgan fingerprint density at radius 1 is 1.24 bits per heavy atom. The molecule has 0 unspecified atom stereocenters. The lowest BCUT2D eigenvalue weighted by Gasteiger charge is -2.36. The summed E-state index contributed by atoms with van der Waals surface area (Å²) in [4.78, 5) is 6.97. The molecule has 2 saturated heterocycles. The molecule has 2 N–H and O–H groups in total. The van der Waals surface area contributed by atoms with E-state index in [4.69, 9.17) is 4.74 Å². The van der Waals surface area contributed by atoms with Crippen LogP contribution >= 0.6 is 35.7 Å². The van der Waals surface area contributed by atoms with Gasteiger partial charge in [0.25, 0.3) is 0 Å². The summed E-state index contributed by atoms with van der Waals surface area (Å²) in [6, 6.07) is 0. The van der Waals surface area contributed by atoms with E-state index in [9.17, 15) is 0 Å². The minimum atomic E-state index is 0. The SMILES string of the molecule is CN=C(NCCCN1CCC(C)CC1)NCC1(SC)CCOCC1.I. The summed E-state index contributed by atoms with van der Waals surface area (Å²) < 4.78 is 5.80. The highest BCUT2D eigenvalue weighted by atomic mass is 127. The lowest BCUT2D eigenvalue weighted by molar-refractivity contribution is 0.0783. The summed E-state index contributed by atoms with van der Waals surface area (Å²) in [7, 11) is 1.86. The summed E-state index contributed by atoms with van der Waals surface area (Å²) in [5, 5.41) is 6.99. The Labute approximate surface area is 175 Å². The minimum Gasteiger partial charge on any atom is -0.381 e.